The Balaban J connectivity index is 2.00. The van der Waals surface area contributed by atoms with Crippen LogP contribution in [0.5, 0.6) is 5.75 Å². The minimum atomic E-state index is 0.574. The van der Waals surface area contributed by atoms with Crippen LogP contribution in [-0.4, -0.2) is 12.6 Å². The molecule has 1 fully saturated rings. The monoisotopic (exact) mass is 262 g/mol. The van der Waals surface area contributed by atoms with Crippen LogP contribution in [0.2, 0.25) is 0 Å². The van der Waals surface area contributed by atoms with E-state index in [4.69, 9.17) is 10.5 Å². The summed E-state index contributed by atoms with van der Waals surface area (Å²) < 4.78 is 5.67. The maximum absolute atomic E-state index is 5.94. The van der Waals surface area contributed by atoms with Gasteiger partial charge >= 0.3 is 0 Å². The number of ether oxygens (including phenoxy) is 1. The molecule has 19 heavy (non-hydrogen) atoms. The molecule has 2 rings (SSSR count). The molecule has 0 aromatic heterocycles. The van der Waals surface area contributed by atoms with E-state index in [1.54, 1.807) is 0 Å². The Morgan fingerprint density at radius 2 is 2.16 bits per heavy atom. The number of nitrogens with one attached hydrogen (secondary N) is 1. The van der Waals surface area contributed by atoms with Gasteiger partial charge in [0.05, 0.1) is 6.61 Å². The summed E-state index contributed by atoms with van der Waals surface area (Å²) in [5, 5.41) is 3.61. The van der Waals surface area contributed by atoms with Crippen molar-refractivity contribution in [1.29, 1.82) is 0 Å². The molecule has 2 atom stereocenters. The smallest absolute Gasteiger partial charge is 0.123 e. The molecule has 0 radical (unpaired) electrons. The molecule has 0 saturated heterocycles. The second-order valence-electron chi connectivity index (χ2n) is 5.75. The maximum Gasteiger partial charge on any atom is 0.123 e. The van der Waals surface area contributed by atoms with Gasteiger partial charge in [-0.25, -0.2) is 0 Å². The van der Waals surface area contributed by atoms with E-state index in [1.807, 2.05) is 12.1 Å². The molecule has 106 valence electrons. The Morgan fingerprint density at radius 1 is 1.32 bits per heavy atom. The molecule has 1 aliphatic carbocycles. The predicted molar refractivity (Wildman–Crippen MR) is 81.7 cm³/mol. The molecule has 2 unspecified atom stereocenters. The average Bonchev–Trinajstić information content (AvgIpc) is 2.35. The summed E-state index contributed by atoms with van der Waals surface area (Å²) in [6.07, 6.45) is 6.20. The van der Waals surface area contributed by atoms with E-state index in [-0.39, 0.29) is 0 Å². The van der Waals surface area contributed by atoms with Gasteiger partial charge in [-0.2, -0.15) is 0 Å². The van der Waals surface area contributed by atoms with Gasteiger partial charge in [0.1, 0.15) is 5.75 Å². The highest BCUT2D eigenvalue weighted by molar-refractivity contribution is 5.59. The molecular weight excluding hydrogens is 236 g/mol. The van der Waals surface area contributed by atoms with E-state index in [9.17, 15) is 0 Å². The zero-order chi connectivity index (χ0) is 13.7. The second kappa shape index (κ2) is 6.69. The van der Waals surface area contributed by atoms with Gasteiger partial charge in [-0.1, -0.05) is 26.7 Å². The van der Waals surface area contributed by atoms with Crippen LogP contribution in [0.15, 0.2) is 18.2 Å². The fourth-order valence-electron chi connectivity index (χ4n) is 2.81. The molecule has 3 heteroatoms. The van der Waals surface area contributed by atoms with Crippen LogP contribution in [0.4, 0.5) is 11.4 Å². The Bertz CT molecular complexity index is 406. The van der Waals surface area contributed by atoms with E-state index >= 15 is 0 Å². The molecule has 0 amide bonds. The highest BCUT2D eigenvalue weighted by Gasteiger charge is 2.18. The molecule has 0 aliphatic heterocycles. The lowest BCUT2D eigenvalue weighted by Crippen LogP contribution is -2.26. The van der Waals surface area contributed by atoms with Crippen LogP contribution in [0.25, 0.3) is 0 Å². The first-order chi connectivity index (χ1) is 9.17. The summed E-state index contributed by atoms with van der Waals surface area (Å²) in [6.45, 7) is 5.18. The highest BCUT2D eigenvalue weighted by atomic mass is 16.5. The Kier molecular flexibility index (Phi) is 4.94. The molecule has 1 aromatic carbocycles. The number of hydrogen-bond acceptors (Lipinski definition) is 3. The fraction of sp³-hybridized carbons (Fsp3) is 0.625. The van der Waals surface area contributed by atoms with Crippen LogP contribution in [-0.2, 0) is 0 Å². The van der Waals surface area contributed by atoms with Gasteiger partial charge in [-0.3, -0.25) is 0 Å². The Morgan fingerprint density at radius 3 is 2.89 bits per heavy atom. The molecule has 1 saturated carbocycles. The molecular formula is C16H26N2O. The van der Waals surface area contributed by atoms with Crippen molar-refractivity contribution in [1.82, 2.24) is 0 Å². The van der Waals surface area contributed by atoms with Crippen molar-refractivity contribution < 1.29 is 4.74 Å². The first-order valence-corrected chi connectivity index (χ1v) is 7.47. The number of nitrogen functional groups attached to an aromatic ring is 1. The maximum atomic E-state index is 5.94. The van der Waals surface area contributed by atoms with Gasteiger partial charge in [-0.15, -0.1) is 0 Å². The quantitative estimate of drug-likeness (QED) is 0.787. The summed E-state index contributed by atoms with van der Waals surface area (Å²) in [6, 6.07) is 6.53. The van der Waals surface area contributed by atoms with E-state index < -0.39 is 0 Å². The lowest BCUT2D eigenvalue weighted by molar-refractivity contribution is 0.317. The number of benzene rings is 1. The molecule has 0 spiro atoms. The zero-order valence-electron chi connectivity index (χ0n) is 12.1. The predicted octanol–water partition coefficient (Wildman–Crippen LogP) is 4.05. The first-order valence-electron chi connectivity index (χ1n) is 7.47. The third kappa shape index (κ3) is 4.34. The molecule has 3 nitrogen and oxygen atoms in total. The molecule has 0 bridgehead atoms. The normalized spacial score (nSPS) is 23.1. The minimum absolute atomic E-state index is 0.574. The summed E-state index contributed by atoms with van der Waals surface area (Å²) in [7, 11) is 0. The summed E-state index contributed by atoms with van der Waals surface area (Å²) >= 11 is 0. The van der Waals surface area contributed by atoms with Crippen molar-refractivity contribution in [3.05, 3.63) is 18.2 Å². The van der Waals surface area contributed by atoms with Crippen LogP contribution < -0.4 is 15.8 Å². The number of anilines is 2. The van der Waals surface area contributed by atoms with Crippen molar-refractivity contribution in [3.8, 4) is 5.75 Å². The summed E-state index contributed by atoms with van der Waals surface area (Å²) in [5.41, 5.74) is 7.80. The first kappa shape index (κ1) is 14.0. The van der Waals surface area contributed by atoms with Crippen LogP contribution in [0.3, 0.4) is 0 Å². The minimum Gasteiger partial charge on any atom is -0.493 e. The van der Waals surface area contributed by atoms with Crippen molar-refractivity contribution in [2.75, 3.05) is 17.7 Å². The fourth-order valence-corrected chi connectivity index (χ4v) is 2.81. The molecule has 1 aliphatic rings. The third-order valence-electron chi connectivity index (χ3n) is 3.71. The van der Waals surface area contributed by atoms with E-state index in [1.165, 1.54) is 25.7 Å². The average molecular weight is 262 g/mol. The van der Waals surface area contributed by atoms with Crippen molar-refractivity contribution in [3.63, 3.8) is 0 Å². The SMILES string of the molecule is CCCOc1cc(N)cc(NC2CCCC(C)C2)c1. The number of rotatable bonds is 5. The van der Waals surface area contributed by atoms with Crippen LogP contribution in [0.1, 0.15) is 46.0 Å². The Labute approximate surface area is 116 Å². The largest absolute Gasteiger partial charge is 0.493 e. The second-order valence-corrected chi connectivity index (χ2v) is 5.75. The standard InChI is InChI=1S/C16H26N2O/c1-3-7-19-16-10-13(17)9-15(11-16)18-14-6-4-5-12(2)8-14/h9-12,14,18H,3-8,17H2,1-2H3. The van der Waals surface area contributed by atoms with Crippen LogP contribution in [0, 0.1) is 5.92 Å². The molecule has 1 aromatic rings. The Hall–Kier alpha value is -1.38. The number of nitrogens with two attached hydrogens (primary N) is 1. The summed E-state index contributed by atoms with van der Waals surface area (Å²) in [5.74, 6) is 1.69. The highest BCUT2D eigenvalue weighted by Crippen LogP contribution is 2.28. The lowest BCUT2D eigenvalue weighted by atomic mass is 9.87. The van der Waals surface area contributed by atoms with Gasteiger partial charge in [0.2, 0.25) is 0 Å². The van der Waals surface area contributed by atoms with E-state index in [2.05, 4.69) is 25.2 Å². The van der Waals surface area contributed by atoms with Crippen molar-refractivity contribution >= 4 is 11.4 Å². The zero-order valence-corrected chi connectivity index (χ0v) is 12.1. The van der Waals surface area contributed by atoms with Crippen LogP contribution >= 0.6 is 0 Å². The van der Waals surface area contributed by atoms with Gasteiger partial charge in [-0.05, 0) is 31.2 Å². The van der Waals surface area contributed by atoms with Gasteiger partial charge in [0.15, 0.2) is 0 Å². The van der Waals surface area contributed by atoms with Gasteiger partial charge in [0.25, 0.3) is 0 Å². The molecule has 0 heterocycles. The van der Waals surface area contributed by atoms with Gasteiger partial charge in [0, 0.05) is 29.5 Å². The topological polar surface area (TPSA) is 47.3 Å². The number of hydrogen-bond donors (Lipinski definition) is 2. The van der Waals surface area contributed by atoms with E-state index in [0.29, 0.717) is 6.04 Å². The lowest BCUT2D eigenvalue weighted by Gasteiger charge is -2.28. The summed E-state index contributed by atoms with van der Waals surface area (Å²) in [4.78, 5) is 0. The van der Waals surface area contributed by atoms with E-state index in [0.717, 1.165) is 36.1 Å². The third-order valence-corrected chi connectivity index (χ3v) is 3.71. The van der Waals surface area contributed by atoms with Crippen molar-refractivity contribution in [2.24, 2.45) is 5.92 Å². The molecule has 3 N–H and O–H groups in total. The van der Waals surface area contributed by atoms with Gasteiger partial charge < -0.3 is 15.8 Å². The van der Waals surface area contributed by atoms with Crippen molar-refractivity contribution in [2.45, 2.75) is 52.0 Å².